The van der Waals surface area contributed by atoms with Crippen LogP contribution in [0.5, 0.6) is 5.88 Å². The molecule has 1 aromatic carbocycles. The Morgan fingerprint density at radius 2 is 1.91 bits per heavy atom. The topological polar surface area (TPSA) is 41.5 Å². The minimum Gasteiger partial charge on any atom is -0.481 e. The third kappa shape index (κ3) is 3.33. The van der Waals surface area contributed by atoms with E-state index in [0.717, 1.165) is 37.6 Å². The number of hydrogen-bond donors (Lipinski definition) is 0. The molecule has 0 unspecified atom stereocenters. The highest BCUT2D eigenvalue weighted by Gasteiger charge is 2.19. The smallest absolute Gasteiger partial charge is 0.218 e. The van der Waals surface area contributed by atoms with E-state index in [1.807, 2.05) is 18.2 Å². The van der Waals surface area contributed by atoms with Gasteiger partial charge in [0.1, 0.15) is 18.0 Å². The maximum absolute atomic E-state index is 13.7. The Morgan fingerprint density at radius 3 is 2.64 bits per heavy atom. The molecule has 1 saturated heterocycles. The van der Waals surface area contributed by atoms with Gasteiger partial charge in [-0.05, 0) is 6.07 Å². The van der Waals surface area contributed by atoms with E-state index in [4.69, 9.17) is 4.74 Å². The van der Waals surface area contributed by atoms with Crippen molar-refractivity contribution in [1.82, 2.24) is 14.9 Å². The second-order valence-corrected chi connectivity index (χ2v) is 5.27. The van der Waals surface area contributed by atoms with Crippen molar-refractivity contribution in [3.05, 3.63) is 48.0 Å². The van der Waals surface area contributed by atoms with E-state index in [-0.39, 0.29) is 5.82 Å². The van der Waals surface area contributed by atoms with E-state index in [9.17, 15) is 4.39 Å². The average Bonchev–Trinajstić information content (AvgIpc) is 2.58. The van der Waals surface area contributed by atoms with Crippen LogP contribution in [-0.2, 0) is 6.54 Å². The Balaban J connectivity index is 1.59. The van der Waals surface area contributed by atoms with Crippen LogP contribution in [-0.4, -0.2) is 48.2 Å². The Morgan fingerprint density at radius 1 is 1.14 bits per heavy atom. The first-order valence-electron chi connectivity index (χ1n) is 7.33. The van der Waals surface area contributed by atoms with Crippen molar-refractivity contribution in [2.24, 2.45) is 0 Å². The molecule has 3 rings (SSSR count). The van der Waals surface area contributed by atoms with Gasteiger partial charge in [-0.25, -0.2) is 14.4 Å². The standard InChI is InChI=1S/C16H19FN4O/c1-22-16-10-15(18-12-19-16)21-8-6-20(7-9-21)11-13-4-2-3-5-14(13)17/h2-5,10,12H,6-9,11H2,1H3. The van der Waals surface area contributed by atoms with Gasteiger partial charge in [-0.1, -0.05) is 18.2 Å². The fourth-order valence-electron chi connectivity index (χ4n) is 2.62. The molecule has 0 amide bonds. The van der Waals surface area contributed by atoms with Gasteiger partial charge in [0.2, 0.25) is 5.88 Å². The van der Waals surface area contributed by atoms with Crippen molar-refractivity contribution in [2.45, 2.75) is 6.54 Å². The highest BCUT2D eigenvalue weighted by molar-refractivity contribution is 5.41. The molecule has 1 fully saturated rings. The zero-order valence-electron chi connectivity index (χ0n) is 12.6. The Bertz CT molecular complexity index is 629. The van der Waals surface area contributed by atoms with Crippen LogP contribution in [0.25, 0.3) is 0 Å². The molecule has 1 aromatic heterocycles. The number of methoxy groups -OCH3 is 1. The molecule has 0 N–H and O–H groups in total. The van der Waals surface area contributed by atoms with E-state index in [2.05, 4.69) is 19.8 Å². The summed E-state index contributed by atoms with van der Waals surface area (Å²) in [5.74, 6) is 1.31. The number of halogens is 1. The van der Waals surface area contributed by atoms with Gasteiger partial charge >= 0.3 is 0 Å². The molecule has 1 aliphatic rings. The van der Waals surface area contributed by atoms with Crippen LogP contribution in [0.2, 0.25) is 0 Å². The summed E-state index contributed by atoms with van der Waals surface area (Å²) >= 11 is 0. The molecule has 116 valence electrons. The Labute approximate surface area is 129 Å². The Kier molecular flexibility index (Phi) is 4.48. The molecule has 1 aliphatic heterocycles. The van der Waals surface area contributed by atoms with Gasteiger partial charge in [-0.15, -0.1) is 0 Å². The van der Waals surface area contributed by atoms with Crippen molar-refractivity contribution >= 4 is 5.82 Å². The second kappa shape index (κ2) is 6.70. The van der Waals surface area contributed by atoms with Crippen molar-refractivity contribution in [3.8, 4) is 5.88 Å². The number of ether oxygens (including phenoxy) is 1. The highest BCUT2D eigenvalue weighted by atomic mass is 19.1. The van der Waals surface area contributed by atoms with Gasteiger partial charge in [0, 0.05) is 44.4 Å². The van der Waals surface area contributed by atoms with Crippen LogP contribution in [0.1, 0.15) is 5.56 Å². The van der Waals surface area contributed by atoms with Crippen LogP contribution in [0.4, 0.5) is 10.2 Å². The number of aromatic nitrogens is 2. The molecule has 22 heavy (non-hydrogen) atoms. The number of benzene rings is 1. The van der Waals surface area contributed by atoms with Crippen LogP contribution in [0, 0.1) is 5.82 Å². The molecule has 0 radical (unpaired) electrons. The zero-order chi connectivity index (χ0) is 15.4. The van der Waals surface area contributed by atoms with E-state index in [1.54, 1.807) is 13.2 Å². The second-order valence-electron chi connectivity index (χ2n) is 5.27. The predicted molar refractivity (Wildman–Crippen MR) is 82.5 cm³/mol. The molecule has 0 aliphatic carbocycles. The summed E-state index contributed by atoms with van der Waals surface area (Å²) in [5.41, 5.74) is 0.750. The quantitative estimate of drug-likeness (QED) is 0.863. The molecule has 2 aromatic rings. The number of rotatable bonds is 4. The molecule has 2 heterocycles. The number of piperazine rings is 1. The molecular weight excluding hydrogens is 283 g/mol. The number of nitrogens with zero attached hydrogens (tertiary/aromatic N) is 4. The van der Waals surface area contributed by atoms with E-state index >= 15 is 0 Å². The van der Waals surface area contributed by atoms with Gasteiger partial charge in [0.05, 0.1) is 7.11 Å². The zero-order valence-corrected chi connectivity index (χ0v) is 12.6. The van der Waals surface area contributed by atoms with Crippen LogP contribution in [0.3, 0.4) is 0 Å². The molecular formula is C16H19FN4O. The van der Waals surface area contributed by atoms with Crippen molar-refractivity contribution in [1.29, 1.82) is 0 Å². The van der Waals surface area contributed by atoms with Crippen LogP contribution in [0.15, 0.2) is 36.7 Å². The fourth-order valence-corrected chi connectivity index (χ4v) is 2.62. The molecule has 0 bridgehead atoms. The van der Waals surface area contributed by atoms with E-state index < -0.39 is 0 Å². The van der Waals surface area contributed by atoms with E-state index in [0.29, 0.717) is 12.4 Å². The van der Waals surface area contributed by atoms with Crippen molar-refractivity contribution < 1.29 is 9.13 Å². The monoisotopic (exact) mass is 302 g/mol. The SMILES string of the molecule is COc1cc(N2CCN(Cc3ccccc3F)CC2)ncn1. The predicted octanol–water partition coefficient (Wildman–Crippen LogP) is 1.95. The Hall–Kier alpha value is -2.21. The lowest BCUT2D eigenvalue weighted by atomic mass is 10.2. The summed E-state index contributed by atoms with van der Waals surface area (Å²) in [7, 11) is 1.60. The molecule has 6 heteroatoms. The fraction of sp³-hybridized carbons (Fsp3) is 0.375. The first kappa shape index (κ1) is 14.7. The largest absolute Gasteiger partial charge is 0.481 e. The normalized spacial score (nSPS) is 15.8. The van der Waals surface area contributed by atoms with Gasteiger partial charge < -0.3 is 9.64 Å². The number of hydrogen-bond acceptors (Lipinski definition) is 5. The minimum atomic E-state index is -0.134. The lowest BCUT2D eigenvalue weighted by molar-refractivity contribution is 0.246. The average molecular weight is 302 g/mol. The molecule has 0 saturated carbocycles. The van der Waals surface area contributed by atoms with Gasteiger partial charge in [-0.2, -0.15) is 0 Å². The lowest BCUT2D eigenvalue weighted by Crippen LogP contribution is -2.46. The van der Waals surface area contributed by atoms with Crippen molar-refractivity contribution in [3.63, 3.8) is 0 Å². The molecule has 0 spiro atoms. The summed E-state index contributed by atoms with van der Waals surface area (Å²) < 4.78 is 18.8. The third-order valence-corrected chi connectivity index (χ3v) is 3.88. The maximum atomic E-state index is 13.7. The number of anilines is 1. The van der Waals surface area contributed by atoms with Gasteiger partial charge in [0.25, 0.3) is 0 Å². The van der Waals surface area contributed by atoms with Gasteiger partial charge in [0.15, 0.2) is 0 Å². The van der Waals surface area contributed by atoms with Crippen LogP contribution < -0.4 is 9.64 Å². The van der Waals surface area contributed by atoms with Gasteiger partial charge in [-0.3, -0.25) is 4.90 Å². The molecule has 0 atom stereocenters. The lowest BCUT2D eigenvalue weighted by Gasteiger charge is -2.35. The van der Waals surface area contributed by atoms with E-state index in [1.165, 1.54) is 12.4 Å². The molecule has 5 nitrogen and oxygen atoms in total. The summed E-state index contributed by atoms with van der Waals surface area (Å²) in [6.45, 7) is 4.11. The van der Waals surface area contributed by atoms with Crippen LogP contribution >= 0.6 is 0 Å². The summed E-state index contributed by atoms with van der Waals surface area (Å²) in [4.78, 5) is 12.8. The first-order chi connectivity index (χ1) is 10.8. The minimum absolute atomic E-state index is 0.134. The maximum Gasteiger partial charge on any atom is 0.218 e. The summed E-state index contributed by atoms with van der Waals surface area (Å²) in [5, 5.41) is 0. The summed E-state index contributed by atoms with van der Waals surface area (Å²) in [6.07, 6.45) is 1.51. The summed E-state index contributed by atoms with van der Waals surface area (Å²) in [6, 6.07) is 8.80. The first-order valence-corrected chi connectivity index (χ1v) is 7.33. The third-order valence-electron chi connectivity index (χ3n) is 3.88. The highest BCUT2D eigenvalue weighted by Crippen LogP contribution is 2.18. The van der Waals surface area contributed by atoms with Crippen molar-refractivity contribution in [2.75, 3.05) is 38.2 Å².